The number of carbonyl (C=O) groups excluding carboxylic acids is 1. The van der Waals surface area contributed by atoms with Gasteiger partial charge in [0.1, 0.15) is 0 Å². The average molecular weight is 255 g/mol. The maximum absolute atomic E-state index is 12.0. The lowest BCUT2D eigenvalue weighted by atomic mass is 9.83. The number of carbonyl (C=O) groups is 1. The highest BCUT2D eigenvalue weighted by Gasteiger charge is 2.39. The lowest BCUT2D eigenvalue weighted by molar-refractivity contribution is -0.147. The van der Waals surface area contributed by atoms with Crippen LogP contribution in [0.25, 0.3) is 10.9 Å². The van der Waals surface area contributed by atoms with Crippen LogP contribution >= 0.6 is 0 Å². The number of benzene rings is 1. The summed E-state index contributed by atoms with van der Waals surface area (Å²) in [4.78, 5) is 12.0. The first-order valence-electron chi connectivity index (χ1n) is 5.93. The first-order valence-corrected chi connectivity index (χ1v) is 5.93. The highest BCUT2D eigenvalue weighted by atomic mass is 16.5. The molecule has 0 radical (unpaired) electrons. The van der Waals surface area contributed by atoms with Crippen molar-refractivity contribution in [3.8, 4) is 6.07 Å². The van der Waals surface area contributed by atoms with Crippen molar-refractivity contribution >= 4 is 16.9 Å². The van der Waals surface area contributed by atoms with E-state index in [0.29, 0.717) is 11.1 Å². The van der Waals surface area contributed by atoms with Crippen molar-refractivity contribution in [1.29, 1.82) is 5.26 Å². The number of hydrogen-bond donors (Lipinski definition) is 0. The summed E-state index contributed by atoms with van der Waals surface area (Å²) in [5.74, 6) is -0.573. The van der Waals surface area contributed by atoms with E-state index in [1.165, 1.54) is 13.1 Å². The van der Waals surface area contributed by atoms with Gasteiger partial charge in [-0.15, -0.1) is 0 Å². The molecule has 0 spiro atoms. The van der Waals surface area contributed by atoms with Crippen LogP contribution in [0.15, 0.2) is 30.5 Å². The fourth-order valence-electron chi connectivity index (χ4n) is 1.90. The third-order valence-electron chi connectivity index (χ3n) is 2.99. The Bertz CT molecular complexity index is 658. The molecular formula is C14H13N3O2. The Morgan fingerprint density at radius 3 is 2.89 bits per heavy atom. The van der Waals surface area contributed by atoms with Crippen molar-refractivity contribution < 1.29 is 9.53 Å². The number of rotatable bonds is 3. The zero-order chi connectivity index (χ0) is 13.9. The average Bonchev–Trinajstić information content (AvgIpc) is 2.46. The smallest absolute Gasteiger partial charge is 0.330 e. The molecule has 19 heavy (non-hydrogen) atoms. The van der Waals surface area contributed by atoms with Crippen molar-refractivity contribution in [2.24, 2.45) is 0 Å². The van der Waals surface area contributed by atoms with Crippen molar-refractivity contribution in [3.63, 3.8) is 0 Å². The molecule has 0 aliphatic carbocycles. The summed E-state index contributed by atoms with van der Waals surface area (Å²) in [5.41, 5.74) is -0.226. The molecule has 0 bridgehead atoms. The molecule has 5 heteroatoms. The normalized spacial score (nSPS) is 13.5. The number of ether oxygens (including phenoxy) is 1. The summed E-state index contributed by atoms with van der Waals surface area (Å²) in [5, 5.41) is 18.0. The highest BCUT2D eigenvalue weighted by Crippen LogP contribution is 2.29. The van der Waals surface area contributed by atoms with E-state index in [1.807, 2.05) is 24.3 Å². The minimum atomic E-state index is -1.38. The first-order chi connectivity index (χ1) is 9.13. The molecule has 1 heterocycles. The first kappa shape index (κ1) is 13.0. The third kappa shape index (κ3) is 2.13. The second-order valence-corrected chi connectivity index (χ2v) is 4.23. The van der Waals surface area contributed by atoms with Crippen molar-refractivity contribution in [3.05, 3.63) is 36.0 Å². The van der Waals surface area contributed by atoms with Crippen LogP contribution in [0, 0.1) is 11.3 Å². The Morgan fingerprint density at radius 1 is 1.47 bits per heavy atom. The Labute approximate surface area is 110 Å². The summed E-state index contributed by atoms with van der Waals surface area (Å²) in [7, 11) is 0. The third-order valence-corrected chi connectivity index (χ3v) is 2.99. The molecule has 1 aromatic heterocycles. The van der Waals surface area contributed by atoms with E-state index >= 15 is 0 Å². The Kier molecular flexibility index (Phi) is 3.43. The van der Waals surface area contributed by atoms with Gasteiger partial charge in [-0.3, -0.25) is 0 Å². The molecule has 2 rings (SSSR count). The molecule has 96 valence electrons. The monoisotopic (exact) mass is 255 g/mol. The second kappa shape index (κ2) is 5.02. The predicted molar refractivity (Wildman–Crippen MR) is 69.1 cm³/mol. The molecule has 5 nitrogen and oxygen atoms in total. The lowest BCUT2D eigenvalue weighted by Gasteiger charge is -2.20. The van der Waals surface area contributed by atoms with Gasteiger partial charge >= 0.3 is 5.97 Å². The number of fused-ring (bicyclic) bond motifs is 1. The minimum Gasteiger partial charge on any atom is -0.465 e. The highest BCUT2D eigenvalue weighted by molar-refractivity contribution is 5.93. The van der Waals surface area contributed by atoms with Gasteiger partial charge in [-0.1, -0.05) is 18.2 Å². The number of nitrogens with zero attached hydrogens (tertiary/aromatic N) is 3. The Morgan fingerprint density at radius 2 is 2.21 bits per heavy atom. The minimum absolute atomic E-state index is 0.229. The van der Waals surface area contributed by atoms with Crippen LogP contribution in [-0.4, -0.2) is 22.8 Å². The van der Waals surface area contributed by atoms with Gasteiger partial charge < -0.3 is 4.74 Å². The van der Waals surface area contributed by atoms with E-state index < -0.39 is 11.4 Å². The van der Waals surface area contributed by atoms with Gasteiger partial charge in [0.15, 0.2) is 5.41 Å². The van der Waals surface area contributed by atoms with Crippen LogP contribution in [0.5, 0.6) is 0 Å². The number of nitriles is 1. The van der Waals surface area contributed by atoms with E-state index in [4.69, 9.17) is 4.74 Å². The summed E-state index contributed by atoms with van der Waals surface area (Å²) in [6.45, 7) is 3.47. The summed E-state index contributed by atoms with van der Waals surface area (Å²) in [6, 6.07) is 9.29. The molecule has 0 aliphatic rings. The van der Waals surface area contributed by atoms with Crippen LogP contribution < -0.4 is 0 Å². The summed E-state index contributed by atoms with van der Waals surface area (Å²) < 4.78 is 4.99. The fraction of sp³-hybridized carbons (Fsp3) is 0.286. The zero-order valence-corrected chi connectivity index (χ0v) is 10.8. The maximum Gasteiger partial charge on any atom is 0.330 e. The zero-order valence-electron chi connectivity index (χ0n) is 10.8. The van der Waals surface area contributed by atoms with Crippen LogP contribution in [0.4, 0.5) is 0 Å². The molecule has 0 N–H and O–H groups in total. The van der Waals surface area contributed by atoms with Crippen LogP contribution in [0.3, 0.4) is 0 Å². The number of hydrogen-bond acceptors (Lipinski definition) is 5. The molecule has 0 saturated carbocycles. The van der Waals surface area contributed by atoms with Crippen LogP contribution in [0.1, 0.15) is 19.4 Å². The Balaban J connectivity index is 2.65. The molecule has 0 saturated heterocycles. The van der Waals surface area contributed by atoms with Crippen molar-refractivity contribution in [2.75, 3.05) is 6.61 Å². The van der Waals surface area contributed by atoms with Gasteiger partial charge in [0.2, 0.25) is 0 Å². The lowest BCUT2D eigenvalue weighted by Crippen LogP contribution is -2.33. The van der Waals surface area contributed by atoms with E-state index in [2.05, 4.69) is 10.2 Å². The molecule has 0 fully saturated rings. The topological polar surface area (TPSA) is 75.9 Å². The van der Waals surface area contributed by atoms with Crippen LogP contribution in [0.2, 0.25) is 0 Å². The predicted octanol–water partition coefficient (Wildman–Crippen LogP) is 1.97. The maximum atomic E-state index is 12.0. The molecule has 1 unspecified atom stereocenters. The van der Waals surface area contributed by atoms with Gasteiger partial charge in [0, 0.05) is 10.9 Å². The van der Waals surface area contributed by atoms with Gasteiger partial charge in [0.05, 0.1) is 24.4 Å². The van der Waals surface area contributed by atoms with Gasteiger partial charge in [-0.05, 0) is 19.9 Å². The van der Waals surface area contributed by atoms with E-state index in [9.17, 15) is 10.1 Å². The standard InChI is InChI=1S/C14H13N3O2/c1-3-19-13(18)14(2,9-15)11-8-16-17-12-7-5-4-6-10(11)12/h4-8H,3H2,1-2H3. The van der Waals surface area contributed by atoms with Crippen LogP contribution in [-0.2, 0) is 14.9 Å². The number of esters is 1. The molecule has 2 aromatic rings. The van der Waals surface area contributed by atoms with E-state index in [-0.39, 0.29) is 6.61 Å². The SMILES string of the molecule is CCOC(=O)C(C)(C#N)c1cnnc2ccccc12. The van der Waals surface area contributed by atoms with E-state index in [1.54, 1.807) is 13.0 Å². The van der Waals surface area contributed by atoms with Gasteiger partial charge in [-0.25, -0.2) is 4.79 Å². The molecule has 1 atom stereocenters. The molecule has 0 aliphatic heterocycles. The van der Waals surface area contributed by atoms with Crippen molar-refractivity contribution in [1.82, 2.24) is 10.2 Å². The molecule has 0 amide bonds. The molecule has 1 aromatic carbocycles. The Hall–Kier alpha value is -2.48. The fourth-order valence-corrected chi connectivity index (χ4v) is 1.90. The quantitative estimate of drug-likeness (QED) is 0.784. The van der Waals surface area contributed by atoms with Gasteiger partial charge in [-0.2, -0.15) is 15.5 Å². The summed E-state index contributed by atoms with van der Waals surface area (Å²) >= 11 is 0. The number of aromatic nitrogens is 2. The van der Waals surface area contributed by atoms with E-state index in [0.717, 1.165) is 5.39 Å². The summed E-state index contributed by atoms with van der Waals surface area (Å²) in [6.07, 6.45) is 1.45. The second-order valence-electron chi connectivity index (χ2n) is 4.23. The van der Waals surface area contributed by atoms with Crippen molar-refractivity contribution in [2.45, 2.75) is 19.3 Å². The van der Waals surface area contributed by atoms with Gasteiger partial charge in [0.25, 0.3) is 0 Å². The largest absolute Gasteiger partial charge is 0.465 e. The molecular weight excluding hydrogens is 242 g/mol.